The Morgan fingerprint density at radius 2 is 1.18 bits per heavy atom. The number of aliphatic hydroxyl groups is 1. The minimum absolute atomic E-state index is 0.00249. The van der Waals surface area contributed by atoms with Gasteiger partial charge in [-0.3, -0.25) is 18.6 Å². The highest BCUT2D eigenvalue weighted by Crippen LogP contribution is 2.43. The lowest BCUT2D eigenvalue weighted by Crippen LogP contribution is -2.37. The minimum atomic E-state index is -4.42. The number of nitrogens with zero attached hydrogens (tertiary/aromatic N) is 1. The summed E-state index contributed by atoms with van der Waals surface area (Å²) >= 11 is 0. The van der Waals surface area contributed by atoms with Gasteiger partial charge in [-0.05, 0) is 70.6 Å². The third kappa shape index (κ3) is 41.6. The first-order valence-electron chi connectivity index (χ1n) is 22.1. The second-order valence-electron chi connectivity index (χ2n) is 15.9. The van der Waals surface area contributed by atoms with Gasteiger partial charge in [0, 0.05) is 12.8 Å². The molecule has 0 aliphatic rings. The maximum absolute atomic E-state index is 12.7. The Morgan fingerprint density at radius 1 is 0.632 bits per heavy atom. The summed E-state index contributed by atoms with van der Waals surface area (Å²) in [5.74, 6) is -0.942. The summed E-state index contributed by atoms with van der Waals surface area (Å²) in [5, 5.41) is 10.2. The molecule has 0 rings (SSSR count). The standard InChI is InChI=1S/C46H82NO9P/c1-6-8-10-12-14-16-17-18-19-20-21-23-25-29-33-37-45(49)53-41-44(42-55-57(51,52)54-40-39-47(3,4)5)56-46(50)38-34-30-26-28-32-36-43(48)35-31-27-24-22-15-13-11-9-7-2/h15,18-19,22,26-28,31-32,36,43-44,48H,6-14,16-17,20-21,23-25,29-30,33-35,37-42H2,1-5H3/p+1/b19-18-,22-15-,28-26+,31-27-,36-32-/t43?,44-/m1/s1. The first-order chi connectivity index (χ1) is 27.4. The Balaban J connectivity index is 4.57. The SMILES string of the molecule is CCCCC/C=C\C/C=C\CC(O)/C=C\C=C\CCCC(=O)O[C@H](COC(=O)CCCCCCC/C=C\CCCCCCCC)COP(=O)(O)OCC[N+](C)(C)C. The summed E-state index contributed by atoms with van der Waals surface area (Å²) in [6.07, 6.45) is 41.5. The lowest BCUT2D eigenvalue weighted by Gasteiger charge is -2.24. The molecule has 57 heavy (non-hydrogen) atoms. The molecule has 0 fully saturated rings. The van der Waals surface area contributed by atoms with E-state index in [9.17, 15) is 24.2 Å². The zero-order chi connectivity index (χ0) is 42.3. The molecule has 0 spiro atoms. The van der Waals surface area contributed by atoms with Gasteiger partial charge in [0.25, 0.3) is 0 Å². The van der Waals surface area contributed by atoms with Crippen LogP contribution in [0.3, 0.4) is 0 Å². The van der Waals surface area contributed by atoms with Crippen LogP contribution in [0.25, 0.3) is 0 Å². The van der Waals surface area contributed by atoms with Crippen molar-refractivity contribution in [2.24, 2.45) is 0 Å². The highest BCUT2D eigenvalue weighted by Gasteiger charge is 2.27. The topological polar surface area (TPSA) is 129 Å². The van der Waals surface area contributed by atoms with Crippen LogP contribution in [0.5, 0.6) is 0 Å². The van der Waals surface area contributed by atoms with E-state index < -0.39 is 38.6 Å². The van der Waals surface area contributed by atoms with Crippen molar-refractivity contribution in [1.82, 2.24) is 0 Å². The number of allylic oxidation sites excluding steroid dienone is 8. The van der Waals surface area contributed by atoms with Crippen molar-refractivity contribution in [2.45, 2.75) is 174 Å². The van der Waals surface area contributed by atoms with E-state index in [1.807, 2.05) is 39.4 Å². The summed E-state index contributed by atoms with van der Waals surface area (Å²) < 4.78 is 34.1. The van der Waals surface area contributed by atoms with Gasteiger partial charge in [0.05, 0.1) is 33.9 Å². The molecule has 0 aromatic carbocycles. The third-order valence-electron chi connectivity index (χ3n) is 9.10. The number of quaternary nitrogens is 1. The monoisotopic (exact) mass is 825 g/mol. The Labute approximate surface area is 348 Å². The number of ether oxygens (including phenoxy) is 2. The number of aliphatic hydroxyl groups excluding tert-OH is 1. The fourth-order valence-corrected chi connectivity index (χ4v) is 6.29. The number of unbranched alkanes of at least 4 members (excludes halogenated alkanes) is 15. The normalized spacial score (nSPS) is 14.7. The summed E-state index contributed by atoms with van der Waals surface area (Å²) in [6.45, 7) is 4.19. The maximum atomic E-state index is 12.7. The number of rotatable bonds is 39. The van der Waals surface area contributed by atoms with Crippen LogP contribution in [0.1, 0.15) is 162 Å². The highest BCUT2D eigenvalue weighted by molar-refractivity contribution is 7.47. The molecule has 0 aromatic heterocycles. The molecule has 10 nitrogen and oxygen atoms in total. The van der Waals surface area contributed by atoms with E-state index >= 15 is 0 Å². The first kappa shape index (κ1) is 54.7. The van der Waals surface area contributed by atoms with E-state index in [0.717, 1.165) is 44.9 Å². The largest absolute Gasteiger partial charge is 0.472 e. The van der Waals surface area contributed by atoms with Crippen molar-refractivity contribution < 1.29 is 47.2 Å². The molecule has 2 unspecified atom stereocenters. The van der Waals surface area contributed by atoms with Crippen molar-refractivity contribution in [1.29, 1.82) is 0 Å². The highest BCUT2D eigenvalue weighted by atomic mass is 31.2. The number of esters is 2. The van der Waals surface area contributed by atoms with E-state index in [1.165, 1.54) is 64.2 Å². The third-order valence-corrected chi connectivity index (χ3v) is 10.1. The zero-order valence-corrected chi connectivity index (χ0v) is 37.6. The lowest BCUT2D eigenvalue weighted by atomic mass is 10.1. The number of phosphoric ester groups is 1. The smallest absolute Gasteiger partial charge is 0.462 e. The molecule has 0 amide bonds. The van der Waals surface area contributed by atoms with Gasteiger partial charge >= 0.3 is 19.8 Å². The van der Waals surface area contributed by atoms with Gasteiger partial charge in [-0.2, -0.15) is 0 Å². The Kier molecular flexibility index (Phi) is 36.4. The fourth-order valence-electron chi connectivity index (χ4n) is 5.55. The van der Waals surface area contributed by atoms with Gasteiger partial charge in [-0.1, -0.05) is 139 Å². The number of hydrogen-bond donors (Lipinski definition) is 2. The first-order valence-corrected chi connectivity index (χ1v) is 23.6. The van der Waals surface area contributed by atoms with Crippen LogP contribution in [0.4, 0.5) is 0 Å². The summed E-state index contributed by atoms with van der Waals surface area (Å²) in [6, 6.07) is 0. The average molecular weight is 825 g/mol. The Bertz CT molecular complexity index is 1170. The quantitative estimate of drug-likeness (QED) is 0.0155. The van der Waals surface area contributed by atoms with E-state index in [0.29, 0.717) is 36.7 Å². The molecule has 0 aliphatic heterocycles. The predicted octanol–water partition coefficient (Wildman–Crippen LogP) is 11.4. The van der Waals surface area contributed by atoms with Crippen molar-refractivity contribution in [2.75, 3.05) is 47.5 Å². The van der Waals surface area contributed by atoms with E-state index in [-0.39, 0.29) is 26.1 Å². The van der Waals surface area contributed by atoms with Crippen molar-refractivity contribution >= 4 is 19.8 Å². The van der Waals surface area contributed by atoms with Crippen LogP contribution >= 0.6 is 7.82 Å². The molecule has 3 atom stereocenters. The Morgan fingerprint density at radius 3 is 1.84 bits per heavy atom. The molecule has 0 aromatic rings. The number of phosphoric acid groups is 1. The summed E-state index contributed by atoms with van der Waals surface area (Å²) in [7, 11) is 1.38. The average Bonchev–Trinajstić information content (AvgIpc) is 3.15. The molecule has 0 saturated heterocycles. The molecule has 11 heteroatoms. The Hall–Kier alpha value is -2.33. The molecular weight excluding hydrogens is 741 g/mol. The fraction of sp³-hybridized carbons (Fsp3) is 0.739. The van der Waals surface area contributed by atoms with Gasteiger partial charge < -0.3 is 24.0 Å². The van der Waals surface area contributed by atoms with Crippen molar-refractivity contribution in [3.8, 4) is 0 Å². The van der Waals surface area contributed by atoms with Crippen LogP contribution < -0.4 is 0 Å². The number of hydrogen-bond acceptors (Lipinski definition) is 8. The molecule has 0 heterocycles. The minimum Gasteiger partial charge on any atom is -0.462 e. The molecule has 0 saturated carbocycles. The number of likely N-dealkylation sites (N-methyl/N-ethyl adjacent to an activating group) is 1. The van der Waals surface area contributed by atoms with Crippen LogP contribution in [-0.4, -0.2) is 86.1 Å². The molecule has 0 radical (unpaired) electrons. The lowest BCUT2D eigenvalue weighted by molar-refractivity contribution is -0.870. The number of carbonyl (C=O) groups excluding carboxylic acids is 2. The van der Waals surface area contributed by atoms with E-state index in [4.69, 9.17) is 18.5 Å². The van der Waals surface area contributed by atoms with Gasteiger partial charge in [0.15, 0.2) is 6.10 Å². The number of carbonyl (C=O) groups is 2. The molecular formula is C46H83NO9P+. The van der Waals surface area contributed by atoms with Gasteiger partial charge in [-0.25, -0.2) is 4.57 Å². The zero-order valence-electron chi connectivity index (χ0n) is 36.7. The maximum Gasteiger partial charge on any atom is 0.472 e. The van der Waals surface area contributed by atoms with Gasteiger partial charge in [0.1, 0.15) is 19.8 Å². The predicted molar refractivity (Wildman–Crippen MR) is 235 cm³/mol. The second kappa shape index (κ2) is 37.9. The summed E-state index contributed by atoms with van der Waals surface area (Å²) in [4.78, 5) is 35.3. The summed E-state index contributed by atoms with van der Waals surface area (Å²) in [5.41, 5.74) is 0. The van der Waals surface area contributed by atoms with Crippen LogP contribution in [0, 0.1) is 0 Å². The van der Waals surface area contributed by atoms with Crippen LogP contribution in [0.2, 0.25) is 0 Å². The van der Waals surface area contributed by atoms with E-state index in [2.05, 4.69) is 44.2 Å². The molecule has 0 bridgehead atoms. The van der Waals surface area contributed by atoms with Crippen molar-refractivity contribution in [3.63, 3.8) is 0 Å². The second-order valence-corrected chi connectivity index (χ2v) is 17.4. The van der Waals surface area contributed by atoms with Crippen LogP contribution in [0.15, 0.2) is 60.8 Å². The van der Waals surface area contributed by atoms with Gasteiger partial charge in [-0.15, -0.1) is 0 Å². The molecule has 0 aliphatic carbocycles. The van der Waals surface area contributed by atoms with Gasteiger partial charge in [0.2, 0.25) is 0 Å². The molecule has 2 N–H and O–H groups in total. The van der Waals surface area contributed by atoms with E-state index in [1.54, 1.807) is 12.2 Å². The van der Waals surface area contributed by atoms with Crippen molar-refractivity contribution in [3.05, 3.63) is 60.8 Å². The molecule has 330 valence electrons. The van der Waals surface area contributed by atoms with Crippen LogP contribution in [-0.2, 0) is 32.7 Å².